The van der Waals surface area contributed by atoms with E-state index in [9.17, 15) is 0 Å². The lowest BCUT2D eigenvalue weighted by atomic mass is 10.3. The standard InChI is InChI=1S/C8H6ClNOS/c1-11-8-10-6-3-2-5(9)4-7(6)12-8/h2-4H,1H3. The third-order valence-electron chi connectivity index (χ3n) is 1.51. The van der Waals surface area contributed by atoms with Crippen molar-refractivity contribution in [1.29, 1.82) is 0 Å². The number of hydrogen-bond donors (Lipinski definition) is 0. The van der Waals surface area contributed by atoms with E-state index in [4.69, 9.17) is 16.3 Å². The highest BCUT2D eigenvalue weighted by Gasteiger charge is 2.02. The molecule has 0 spiro atoms. The van der Waals surface area contributed by atoms with E-state index in [0.29, 0.717) is 5.19 Å². The first-order valence-electron chi connectivity index (χ1n) is 3.39. The van der Waals surface area contributed by atoms with Gasteiger partial charge in [0, 0.05) is 5.02 Å². The Morgan fingerprint density at radius 1 is 1.50 bits per heavy atom. The molecule has 0 fully saturated rings. The summed E-state index contributed by atoms with van der Waals surface area (Å²) < 4.78 is 6.06. The molecule has 0 aliphatic rings. The van der Waals surface area contributed by atoms with Gasteiger partial charge in [-0.2, -0.15) is 0 Å². The maximum atomic E-state index is 5.81. The molecule has 1 heterocycles. The van der Waals surface area contributed by atoms with Crippen molar-refractivity contribution in [3.05, 3.63) is 23.2 Å². The zero-order valence-corrected chi connectivity index (χ0v) is 7.95. The summed E-state index contributed by atoms with van der Waals surface area (Å²) in [5.41, 5.74) is 0.932. The van der Waals surface area contributed by atoms with Crippen LogP contribution in [0.2, 0.25) is 5.02 Å². The van der Waals surface area contributed by atoms with E-state index in [0.717, 1.165) is 15.2 Å². The molecule has 2 aromatic rings. The van der Waals surface area contributed by atoms with Crippen LogP contribution < -0.4 is 4.74 Å². The molecule has 2 nitrogen and oxygen atoms in total. The minimum absolute atomic E-state index is 0.673. The molecule has 1 aromatic heterocycles. The highest BCUT2D eigenvalue weighted by Crippen LogP contribution is 2.29. The predicted molar refractivity (Wildman–Crippen MR) is 51.2 cm³/mol. The maximum Gasteiger partial charge on any atom is 0.274 e. The molecule has 0 unspecified atom stereocenters. The summed E-state index contributed by atoms with van der Waals surface area (Å²) in [5, 5.41) is 1.40. The summed E-state index contributed by atoms with van der Waals surface area (Å²) in [5.74, 6) is 0. The molecule has 0 N–H and O–H groups in total. The summed E-state index contributed by atoms with van der Waals surface area (Å²) in [4.78, 5) is 4.21. The number of aromatic nitrogens is 1. The van der Waals surface area contributed by atoms with Crippen LogP contribution in [0.1, 0.15) is 0 Å². The number of hydrogen-bond acceptors (Lipinski definition) is 3. The van der Waals surface area contributed by atoms with Crippen LogP contribution in [0.15, 0.2) is 18.2 Å². The number of thiazole rings is 1. The second kappa shape index (κ2) is 2.92. The predicted octanol–water partition coefficient (Wildman–Crippen LogP) is 2.96. The van der Waals surface area contributed by atoms with Crippen LogP contribution in [-0.2, 0) is 0 Å². The Hall–Kier alpha value is -0.800. The quantitative estimate of drug-likeness (QED) is 0.705. The second-order valence-corrected chi connectivity index (χ2v) is 3.73. The van der Waals surface area contributed by atoms with Gasteiger partial charge >= 0.3 is 0 Å². The summed E-state index contributed by atoms with van der Waals surface area (Å²) >= 11 is 7.30. The fourth-order valence-electron chi connectivity index (χ4n) is 0.965. The molecule has 0 bridgehead atoms. The number of ether oxygens (including phenoxy) is 1. The van der Waals surface area contributed by atoms with Crippen LogP contribution in [0, 0.1) is 0 Å². The molecule has 0 radical (unpaired) electrons. The summed E-state index contributed by atoms with van der Waals surface area (Å²) in [6.07, 6.45) is 0. The van der Waals surface area contributed by atoms with Crippen molar-refractivity contribution in [2.75, 3.05) is 7.11 Å². The molecule has 62 valence electrons. The molecule has 1 aromatic carbocycles. The number of nitrogens with zero attached hydrogens (tertiary/aromatic N) is 1. The Balaban J connectivity index is 2.67. The van der Waals surface area contributed by atoms with Crippen LogP contribution in [0.3, 0.4) is 0 Å². The molecule has 0 atom stereocenters. The molecule has 0 saturated heterocycles. The lowest BCUT2D eigenvalue weighted by Gasteiger charge is -1.86. The van der Waals surface area contributed by atoms with Crippen LogP contribution in [0.5, 0.6) is 5.19 Å². The van der Waals surface area contributed by atoms with Crippen LogP contribution in [0.25, 0.3) is 10.2 Å². The number of benzene rings is 1. The summed E-state index contributed by atoms with van der Waals surface area (Å²) in [7, 11) is 1.61. The zero-order valence-electron chi connectivity index (χ0n) is 6.37. The average Bonchev–Trinajstić information content (AvgIpc) is 2.46. The van der Waals surface area contributed by atoms with Crippen molar-refractivity contribution in [3.63, 3.8) is 0 Å². The lowest BCUT2D eigenvalue weighted by Crippen LogP contribution is -1.77. The van der Waals surface area contributed by atoms with Gasteiger partial charge in [0.15, 0.2) is 0 Å². The van der Waals surface area contributed by atoms with Gasteiger partial charge in [0.05, 0.1) is 17.3 Å². The molecular formula is C8H6ClNOS. The Labute approximate surface area is 78.8 Å². The monoisotopic (exact) mass is 199 g/mol. The largest absolute Gasteiger partial charge is 0.473 e. The molecule has 4 heteroatoms. The van der Waals surface area contributed by atoms with Gasteiger partial charge in [-0.1, -0.05) is 22.9 Å². The summed E-state index contributed by atoms with van der Waals surface area (Å²) in [6.45, 7) is 0. The van der Waals surface area contributed by atoms with Gasteiger partial charge in [-0.05, 0) is 18.2 Å². The highest BCUT2D eigenvalue weighted by atomic mass is 35.5. The first-order valence-corrected chi connectivity index (χ1v) is 4.59. The maximum absolute atomic E-state index is 5.81. The van der Waals surface area contributed by atoms with Gasteiger partial charge in [-0.15, -0.1) is 0 Å². The molecule has 0 amide bonds. The fourth-order valence-corrected chi connectivity index (χ4v) is 2.02. The highest BCUT2D eigenvalue weighted by molar-refractivity contribution is 7.20. The second-order valence-electron chi connectivity index (χ2n) is 2.30. The van der Waals surface area contributed by atoms with Crippen molar-refractivity contribution in [2.45, 2.75) is 0 Å². The van der Waals surface area contributed by atoms with Gasteiger partial charge in [-0.3, -0.25) is 0 Å². The SMILES string of the molecule is COc1nc2ccc(Cl)cc2s1. The minimum Gasteiger partial charge on any atom is -0.473 e. The van der Waals surface area contributed by atoms with E-state index in [-0.39, 0.29) is 0 Å². The van der Waals surface area contributed by atoms with Crippen LogP contribution in [0.4, 0.5) is 0 Å². The lowest BCUT2D eigenvalue weighted by molar-refractivity contribution is 0.413. The van der Waals surface area contributed by atoms with Crippen LogP contribution in [-0.4, -0.2) is 12.1 Å². The van der Waals surface area contributed by atoms with Gasteiger partial charge < -0.3 is 4.74 Å². The molecule has 12 heavy (non-hydrogen) atoms. The van der Waals surface area contributed by atoms with E-state index in [1.54, 1.807) is 7.11 Å². The third kappa shape index (κ3) is 1.26. The van der Waals surface area contributed by atoms with E-state index in [1.807, 2.05) is 18.2 Å². The Kier molecular flexibility index (Phi) is 1.90. The van der Waals surface area contributed by atoms with E-state index >= 15 is 0 Å². The number of halogens is 1. The van der Waals surface area contributed by atoms with Crippen molar-refractivity contribution in [3.8, 4) is 5.19 Å². The van der Waals surface area contributed by atoms with Crippen molar-refractivity contribution >= 4 is 33.2 Å². The fraction of sp³-hybridized carbons (Fsp3) is 0.125. The van der Waals surface area contributed by atoms with E-state index in [1.165, 1.54) is 11.3 Å². The van der Waals surface area contributed by atoms with Gasteiger partial charge in [0.25, 0.3) is 5.19 Å². The Morgan fingerprint density at radius 2 is 2.33 bits per heavy atom. The van der Waals surface area contributed by atoms with Gasteiger partial charge in [-0.25, -0.2) is 4.98 Å². The number of methoxy groups -OCH3 is 1. The van der Waals surface area contributed by atoms with Gasteiger partial charge in [0.1, 0.15) is 0 Å². The molecular weight excluding hydrogens is 194 g/mol. The Morgan fingerprint density at radius 3 is 3.08 bits per heavy atom. The van der Waals surface area contributed by atoms with Crippen LogP contribution >= 0.6 is 22.9 Å². The van der Waals surface area contributed by atoms with E-state index < -0.39 is 0 Å². The summed E-state index contributed by atoms with van der Waals surface area (Å²) in [6, 6.07) is 5.59. The van der Waals surface area contributed by atoms with E-state index in [2.05, 4.69) is 4.98 Å². The molecule has 2 rings (SSSR count). The van der Waals surface area contributed by atoms with Gasteiger partial charge in [0.2, 0.25) is 0 Å². The Bertz CT molecular complexity index is 412. The minimum atomic E-state index is 0.673. The van der Waals surface area contributed by atoms with Crippen molar-refractivity contribution in [1.82, 2.24) is 4.98 Å². The molecule has 0 saturated carbocycles. The zero-order chi connectivity index (χ0) is 8.55. The smallest absolute Gasteiger partial charge is 0.274 e. The average molecular weight is 200 g/mol. The number of rotatable bonds is 1. The molecule has 0 aliphatic heterocycles. The molecule has 0 aliphatic carbocycles. The normalized spacial score (nSPS) is 10.5. The topological polar surface area (TPSA) is 22.1 Å². The first-order chi connectivity index (χ1) is 5.79. The van der Waals surface area contributed by atoms with Crippen molar-refractivity contribution in [2.24, 2.45) is 0 Å². The van der Waals surface area contributed by atoms with Crippen molar-refractivity contribution < 1.29 is 4.74 Å². The third-order valence-corrected chi connectivity index (χ3v) is 2.72. The first kappa shape index (κ1) is 7.83. The number of fused-ring (bicyclic) bond motifs is 1.